The molecule has 4 nitrogen and oxygen atoms in total. The number of carbonyl (C=O) groups excluding carboxylic acids is 1. The van der Waals surface area contributed by atoms with Crippen molar-refractivity contribution in [3.05, 3.63) is 23.9 Å². The van der Waals surface area contributed by atoms with Gasteiger partial charge in [0.2, 0.25) is 0 Å². The Bertz CT molecular complexity index is 313. The Kier molecular flexibility index (Phi) is 4.97. The molecule has 1 amide bonds. The van der Waals surface area contributed by atoms with Gasteiger partial charge in [-0.05, 0) is 30.6 Å². The van der Waals surface area contributed by atoms with Crippen LogP contribution in [0, 0.1) is 0 Å². The van der Waals surface area contributed by atoms with Gasteiger partial charge in [0.05, 0.1) is 5.56 Å². The Morgan fingerprint density at radius 1 is 1.60 bits per heavy atom. The molecule has 0 aliphatic rings. The summed E-state index contributed by atoms with van der Waals surface area (Å²) in [4.78, 5) is 15.4. The molecule has 0 bridgehead atoms. The van der Waals surface area contributed by atoms with Crippen molar-refractivity contribution in [3.8, 4) is 0 Å². The van der Waals surface area contributed by atoms with Gasteiger partial charge in [-0.15, -0.1) is 0 Å². The van der Waals surface area contributed by atoms with E-state index in [1.54, 1.807) is 23.9 Å². The Labute approximate surface area is 93.7 Å². The van der Waals surface area contributed by atoms with Crippen LogP contribution in [0.5, 0.6) is 0 Å². The zero-order valence-corrected chi connectivity index (χ0v) is 9.51. The Hall–Kier alpha value is -1.23. The summed E-state index contributed by atoms with van der Waals surface area (Å²) < 4.78 is 0. The number of nitrogens with zero attached hydrogens (tertiary/aromatic N) is 1. The van der Waals surface area contributed by atoms with Gasteiger partial charge in [-0.2, -0.15) is 11.8 Å². The van der Waals surface area contributed by atoms with E-state index in [9.17, 15) is 4.79 Å². The molecule has 0 unspecified atom stereocenters. The molecule has 1 heterocycles. The highest BCUT2D eigenvalue weighted by Crippen LogP contribution is 2.01. The van der Waals surface area contributed by atoms with Crippen molar-refractivity contribution >= 4 is 23.5 Å². The normalized spacial score (nSPS) is 9.93. The van der Waals surface area contributed by atoms with Gasteiger partial charge in [0, 0.05) is 12.7 Å². The summed E-state index contributed by atoms with van der Waals surface area (Å²) in [6.07, 6.45) is 4.51. The number of anilines is 1. The summed E-state index contributed by atoms with van der Waals surface area (Å²) in [5.41, 5.74) is 5.97. The van der Waals surface area contributed by atoms with Gasteiger partial charge in [0.1, 0.15) is 5.82 Å². The van der Waals surface area contributed by atoms with E-state index in [-0.39, 0.29) is 5.91 Å². The van der Waals surface area contributed by atoms with Crippen molar-refractivity contribution in [2.24, 2.45) is 0 Å². The van der Waals surface area contributed by atoms with E-state index < -0.39 is 0 Å². The topological polar surface area (TPSA) is 68.0 Å². The molecule has 1 rings (SSSR count). The van der Waals surface area contributed by atoms with Gasteiger partial charge >= 0.3 is 0 Å². The largest absolute Gasteiger partial charge is 0.384 e. The van der Waals surface area contributed by atoms with E-state index in [1.807, 2.05) is 6.26 Å². The SMILES string of the molecule is CSCCCNC(=O)c1ccc(N)nc1. The summed E-state index contributed by atoms with van der Waals surface area (Å²) in [5.74, 6) is 1.39. The molecule has 3 N–H and O–H groups in total. The van der Waals surface area contributed by atoms with Crippen LogP contribution in [-0.4, -0.2) is 29.4 Å². The lowest BCUT2D eigenvalue weighted by Gasteiger charge is -2.04. The number of pyridine rings is 1. The van der Waals surface area contributed by atoms with Crippen molar-refractivity contribution in [2.75, 3.05) is 24.3 Å². The van der Waals surface area contributed by atoms with E-state index in [0.29, 0.717) is 17.9 Å². The van der Waals surface area contributed by atoms with E-state index >= 15 is 0 Å². The summed E-state index contributed by atoms with van der Waals surface area (Å²) in [6, 6.07) is 3.29. The lowest BCUT2D eigenvalue weighted by molar-refractivity contribution is 0.0953. The maximum Gasteiger partial charge on any atom is 0.252 e. The first kappa shape index (κ1) is 11.8. The number of hydrogen-bond acceptors (Lipinski definition) is 4. The van der Waals surface area contributed by atoms with Crippen LogP contribution in [-0.2, 0) is 0 Å². The molecule has 0 spiro atoms. The summed E-state index contributed by atoms with van der Waals surface area (Å²) in [7, 11) is 0. The number of nitrogen functional groups attached to an aromatic ring is 1. The molecule has 0 aliphatic heterocycles. The smallest absolute Gasteiger partial charge is 0.252 e. The average molecular weight is 225 g/mol. The number of thioether (sulfide) groups is 1. The zero-order chi connectivity index (χ0) is 11.1. The van der Waals surface area contributed by atoms with Crippen LogP contribution in [0.3, 0.4) is 0 Å². The molecular formula is C10H15N3OS. The summed E-state index contributed by atoms with van der Waals surface area (Å²) >= 11 is 1.77. The van der Waals surface area contributed by atoms with Gasteiger partial charge in [0.15, 0.2) is 0 Å². The molecule has 0 fully saturated rings. The monoisotopic (exact) mass is 225 g/mol. The van der Waals surface area contributed by atoms with Gasteiger partial charge in [-0.1, -0.05) is 0 Å². The number of amides is 1. The standard InChI is InChI=1S/C10H15N3OS/c1-15-6-2-5-12-10(14)8-3-4-9(11)13-7-8/h3-4,7H,2,5-6H2,1H3,(H2,11,13)(H,12,14). The molecular weight excluding hydrogens is 210 g/mol. The summed E-state index contributed by atoms with van der Waals surface area (Å²) in [5, 5.41) is 2.82. The van der Waals surface area contributed by atoms with Crippen LogP contribution in [0.1, 0.15) is 16.8 Å². The number of nitrogens with two attached hydrogens (primary N) is 1. The van der Waals surface area contributed by atoms with Crippen molar-refractivity contribution in [1.82, 2.24) is 10.3 Å². The molecule has 0 atom stereocenters. The van der Waals surface area contributed by atoms with Crippen molar-refractivity contribution in [2.45, 2.75) is 6.42 Å². The predicted octanol–water partition coefficient (Wildman–Crippen LogP) is 1.15. The summed E-state index contributed by atoms with van der Waals surface area (Å²) in [6.45, 7) is 0.698. The highest BCUT2D eigenvalue weighted by molar-refractivity contribution is 7.98. The maximum absolute atomic E-state index is 11.5. The lowest BCUT2D eigenvalue weighted by atomic mass is 10.2. The third kappa shape index (κ3) is 4.20. The number of rotatable bonds is 5. The molecule has 1 aromatic rings. The minimum absolute atomic E-state index is 0.0939. The van der Waals surface area contributed by atoms with E-state index in [1.165, 1.54) is 6.20 Å². The van der Waals surface area contributed by atoms with Gasteiger partial charge < -0.3 is 11.1 Å². The van der Waals surface area contributed by atoms with Crippen LogP contribution in [0.2, 0.25) is 0 Å². The second-order valence-electron chi connectivity index (χ2n) is 3.07. The number of carbonyl (C=O) groups is 1. The molecule has 0 radical (unpaired) electrons. The highest BCUT2D eigenvalue weighted by atomic mass is 32.2. The lowest BCUT2D eigenvalue weighted by Crippen LogP contribution is -2.24. The molecule has 1 aromatic heterocycles. The van der Waals surface area contributed by atoms with Gasteiger partial charge in [-0.3, -0.25) is 4.79 Å². The van der Waals surface area contributed by atoms with E-state index in [4.69, 9.17) is 5.73 Å². The molecule has 0 aromatic carbocycles. The molecule has 5 heteroatoms. The first-order valence-electron chi connectivity index (χ1n) is 4.72. The first-order valence-corrected chi connectivity index (χ1v) is 6.12. The average Bonchev–Trinajstić information content (AvgIpc) is 2.25. The quantitative estimate of drug-likeness (QED) is 0.738. The van der Waals surface area contributed by atoms with Crippen molar-refractivity contribution in [1.29, 1.82) is 0 Å². The number of aromatic nitrogens is 1. The van der Waals surface area contributed by atoms with Crippen LogP contribution < -0.4 is 11.1 Å². The van der Waals surface area contributed by atoms with E-state index in [2.05, 4.69) is 10.3 Å². The third-order valence-electron chi connectivity index (χ3n) is 1.86. The van der Waals surface area contributed by atoms with Gasteiger partial charge in [-0.25, -0.2) is 4.98 Å². The maximum atomic E-state index is 11.5. The second kappa shape index (κ2) is 6.29. The zero-order valence-electron chi connectivity index (χ0n) is 8.69. The number of hydrogen-bond donors (Lipinski definition) is 2. The van der Waals surface area contributed by atoms with Crippen LogP contribution in [0.4, 0.5) is 5.82 Å². The fourth-order valence-electron chi connectivity index (χ4n) is 1.06. The minimum Gasteiger partial charge on any atom is -0.384 e. The Morgan fingerprint density at radius 2 is 2.40 bits per heavy atom. The third-order valence-corrected chi connectivity index (χ3v) is 2.56. The van der Waals surface area contributed by atoms with Crippen LogP contribution in [0.15, 0.2) is 18.3 Å². The first-order chi connectivity index (χ1) is 7.24. The highest BCUT2D eigenvalue weighted by Gasteiger charge is 2.03. The van der Waals surface area contributed by atoms with Gasteiger partial charge in [0.25, 0.3) is 5.91 Å². The van der Waals surface area contributed by atoms with Crippen molar-refractivity contribution < 1.29 is 4.79 Å². The Balaban J connectivity index is 2.37. The number of nitrogens with one attached hydrogen (secondary N) is 1. The molecule has 0 aliphatic carbocycles. The Morgan fingerprint density at radius 3 is 3.00 bits per heavy atom. The fourth-order valence-corrected chi connectivity index (χ4v) is 1.49. The molecule has 15 heavy (non-hydrogen) atoms. The molecule has 0 saturated heterocycles. The van der Waals surface area contributed by atoms with Crippen molar-refractivity contribution in [3.63, 3.8) is 0 Å². The van der Waals surface area contributed by atoms with E-state index in [0.717, 1.165) is 12.2 Å². The molecule has 0 saturated carbocycles. The molecule has 82 valence electrons. The predicted molar refractivity (Wildman–Crippen MR) is 64.0 cm³/mol. The fraction of sp³-hybridized carbons (Fsp3) is 0.400. The van der Waals surface area contributed by atoms with Crippen LogP contribution in [0.25, 0.3) is 0 Å². The minimum atomic E-state index is -0.0939. The van der Waals surface area contributed by atoms with Crippen LogP contribution >= 0.6 is 11.8 Å². The second-order valence-corrected chi connectivity index (χ2v) is 4.06.